The van der Waals surface area contributed by atoms with Crippen LogP contribution in [0.15, 0.2) is 41.1 Å². The molecule has 1 N–H and O–H groups in total. The van der Waals surface area contributed by atoms with Crippen molar-refractivity contribution in [2.24, 2.45) is 0 Å². The molecular weight excluding hydrogens is 304 g/mol. The molecule has 0 amide bonds. The number of hydrogen-bond acceptors (Lipinski definition) is 4. The molecule has 0 radical (unpaired) electrons. The first-order chi connectivity index (χ1) is 11.4. The molecule has 0 bridgehead atoms. The molecule has 0 saturated heterocycles. The lowest BCUT2D eigenvalue weighted by molar-refractivity contribution is 0.780. The van der Waals surface area contributed by atoms with Crippen molar-refractivity contribution in [3.8, 4) is 23.0 Å². The zero-order valence-electron chi connectivity index (χ0n) is 12.6. The van der Waals surface area contributed by atoms with Gasteiger partial charge in [-0.3, -0.25) is 0 Å². The average molecular weight is 320 g/mol. The van der Waals surface area contributed by atoms with E-state index in [1.54, 1.807) is 11.3 Å². The molecule has 0 atom stereocenters. The maximum atomic E-state index is 8.97. The van der Waals surface area contributed by atoms with E-state index >= 15 is 0 Å². The summed E-state index contributed by atoms with van der Waals surface area (Å²) in [7, 11) is 0. The fraction of sp³-hybridized carbons (Fsp3) is 0.222. The van der Waals surface area contributed by atoms with Gasteiger partial charge in [0.25, 0.3) is 0 Å². The number of hydrogen-bond donors (Lipinski definition) is 1. The third kappa shape index (κ3) is 2.51. The molecule has 2 aromatic heterocycles. The highest BCUT2D eigenvalue weighted by Crippen LogP contribution is 2.34. The van der Waals surface area contributed by atoms with Gasteiger partial charge >= 0.3 is 0 Å². The van der Waals surface area contributed by atoms with Gasteiger partial charge in [-0.2, -0.15) is 21.7 Å². The summed E-state index contributed by atoms with van der Waals surface area (Å²) in [6.07, 6.45) is 3.39. The summed E-state index contributed by atoms with van der Waals surface area (Å²) < 4.78 is 1.98. The quantitative estimate of drug-likeness (QED) is 0.769. The van der Waals surface area contributed by atoms with Crippen LogP contribution in [0.3, 0.4) is 0 Å². The minimum Gasteiger partial charge on any atom is -0.370 e. The Morgan fingerprint density at radius 3 is 2.78 bits per heavy atom. The summed E-state index contributed by atoms with van der Waals surface area (Å²) in [5, 5.41) is 21.6. The van der Waals surface area contributed by atoms with Crippen LogP contribution in [-0.4, -0.2) is 16.3 Å². The molecule has 0 spiro atoms. The monoisotopic (exact) mass is 320 g/mol. The van der Waals surface area contributed by atoms with Crippen molar-refractivity contribution in [3.63, 3.8) is 0 Å². The minimum absolute atomic E-state index is 0.665. The topological polar surface area (TPSA) is 53.6 Å². The van der Waals surface area contributed by atoms with E-state index in [0.717, 1.165) is 30.2 Å². The van der Waals surface area contributed by atoms with E-state index < -0.39 is 0 Å². The van der Waals surface area contributed by atoms with Crippen molar-refractivity contribution < 1.29 is 0 Å². The first-order valence-corrected chi connectivity index (χ1v) is 8.70. The maximum absolute atomic E-state index is 8.97. The predicted molar refractivity (Wildman–Crippen MR) is 93.0 cm³/mol. The van der Waals surface area contributed by atoms with Crippen molar-refractivity contribution >= 4 is 17.2 Å². The third-order valence-electron chi connectivity index (χ3n) is 4.17. The van der Waals surface area contributed by atoms with E-state index in [2.05, 4.69) is 28.2 Å². The molecule has 1 aliphatic heterocycles. The summed E-state index contributed by atoms with van der Waals surface area (Å²) in [6.45, 7) is 0.970. The van der Waals surface area contributed by atoms with Gasteiger partial charge < -0.3 is 5.32 Å². The van der Waals surface area contributed by atoms with Crippen LogP contribution in [0.2, 0.25) is 0 Å². The van der Waals surface area contributed by atoms with Gasteiger partial charge in [-0.1, -0.05) is 0 Å². The normalized spacial score (nSPS) is 13.7. The number of benzene rings is 1. The summed E-state index contributed by atoms with van der Waals surface area (Å²) in [5.74, 6) is 1.09. The Morgan fingerprint density at radius 1 is 1.17 bits per heavy atom. The lowest BCUT2D eigenvalue weighted by Gasteiger charge is -2.09. The molecule has 0 saturated carbocycles. The van der Waals surface area contributed by atoms with Crippen LogP contribution in [0.1, 0.15) is 24.0 Å². The lowest BCUT2D eigenvalue weighted by atomic mass is 10.1. The summed E-state index contributed by atoms with van der Waals surface area (Å²) in [4.78, 5) is 0. The SMILES string of the molecule is N#Cc1ccc(-n2nc(-c3ccsc3)c3c2NCCCC3)cc1. The molecule has 23 heavy (non-hydrogen) atoms. The Kier molecular flexibility index (Phi) is 3.60. The van der Waals surface area contributed by atoms with Gasteiger partial charge in [0.2, 0.25) is 0 Å². The minimum atomic E-state index is 0.665. The van der Waals surface area contributed by atoms with Crippen LogP contribution in [0.4, 0.5) is 5.82 Å². The molecule has 4 rings (SSSR count). The molecule has 1 aromatic carbocycles. The average Bonchev–Trinajstić information content (AvgIpc) is 3.17. The number of thiophene rings is 1. The van der Waals surface area contributed by atoms with Crippen molar-refractivity contribution in [1.82, 2.24) is 9.78 Å². The van der Waals surface area contributed by atoms with Crippen LogP contribution in [0.5, 0.6) is 0 Å². The van der Waals surface area contributed by atoms with Crippen LogP contribution < -0.4 is 5.32 Å². The van der Waals surface area contributed by atoms with E-state index in [1.165, 1.54) is 24.0 Å². The maximum Gasteiger partial charge on any atom is 0.133 e. The third-order valence-corrected chi connectivity index (χ3v) is 4.85. The predicted octanol–water partition coefficient (Wildman–Crippen LogP) is 4.22. The summed E-state index contributed by atoms with van der Waals surface area (Å²) >= 11 is 1.69. The Morgan fingerprint density at radius 2 is 2.04 bits per heavy atom. The largest absolute Gasteiger partial charge is 0.370 e. The molecule has 5 heteroatoms. The zero-order chi connectivity index (χ0) is 15.6. The van der Waals surface area contributed by atoms with E-state index in [4.69, 9.17) is 10.4 Å². The first-order valence-electron chi connectivity index (χ1n) is 7.75. The molecule has 0 unspecified atom stereocenters. The molecule has 0 aliphatic carbocycles. The standard InChI is InChI=1S/C18H16N4S/c19-11-13-4-6-15(7-5-13)22-18-16(3-1-2-9-20-18)17(21-22)14-8-10-23-12-14/h4-8,10,12,20H,1-3,9H2. The molecule has 0 fully saturated rings. The summed E-state index contributed by atoms with van der Waals surface area (Å²) in [6, 6.07) is 11.9. The van der Waals surface area contributed by atoms with Crippen LogP contribution in [0, 0.1) is 11.3 Å². The van der Waals surface area contributed by atoms with E-state index in [0.29, 0.717) is 5.56 Å². The van der Waals surface area contributed by atoms with Crippen LogP contribution >= 0.6 is 11.3 Å². The van der Waals surface area contributed by atoms with Crippen molar-refractivity contribution in [3.05, 3.63) is 52.2 Å². The number of aromatic nitrogens is 2. The lowest BCUT2D eigenvalue weighted by Crippen LogP contribution is -2.07. The van der Waals surface area contributed by atoms with Crippen LogP contribution in [-0.2, 0) is 6.42 Å². The second kappa shape index (κ2) is 5.90. The smallest absolute Gasteiger partial charge is 0.133 e. The molecule has 3 heterocycles. The molecule has 1 aliphatic rings. The Labute approximate surface area is 139 Å². The van der Waals surface area contributed by atoms with Gasteiger partial charge in [0.05, 0.1) is 23.0 Å². The molecular formula is C18H16N4S. The highest BCUT2D eigenvalue weighted by atomic mass is 32.1. The highest BCUT2D eigenvalue weighted by Gasteiger charge is 2.21. The number of fused-ring (bicyclic) bond motifs is 1. The summed E-state index contributed by atoms with van der Waals surface area (Å²) in [5.41, 5.74) is 5.20. The zero-order valence-corrected chi connectivity index (χ0v) is 13.4. The number of anilines is 1. The Hall–Kier alpha value is -2.58. The fourth-order valence-corrected chi connectivity index (χ4v) is 3.64. The Bertz CT molecular complexity index is 854. The highest BCUT2D eigenvalue weighted by molar-refractivity contribution is 7.08. The second-order valence-electron chi connectivity index (χ2n) is 5.64. The second-order valence-corrected chi connectivity index (χ2v) is 6.42. The van der Waals surface area contributed by atoms with E-state index in [-0.39, 0.29) is 0 Å². The number of nitriles is 1. The van der Waals surface area contributed by atoms with Crippen molar-refractivity contribution in [1.29, 1.82) is 5.26 Å². The van der Waals surface area contributed by atoms with Crippen LogP contribution in [0.25, 0.3) is 16.9 Å². The van der Waals surface area contributed by atoms with E-state index in [1.807, 2.05) is 28.9 Å². The Balaban J connectivity index is 1.87. The first kappa shape index (κ1) is 14.0. The molecule has 114 valence electrons. The molecule has 3 aromatic rings. The van der Waals surface area contributed by atoms with Gasteiger partial charge in [-0.15, -0.1) is 0 Å². The van der Waals surface area contributed by atoms with Crippen molar-refractivity contribution in [2.45, 2.75) is 19.3 Å². The van der Waals surface area contributed by atoms with Gasteiger partial charge in [0.1, 0.15) is 5.82 Å². The van der Waals surface area contributed by atoms with Gasteiger partial charge in [0, 0.05) is 23.1 Å². The van der Waals surface area contributed by atoms with Gasteiger partial charge in [-0.25, -0.2) is 4.68 Å². The fourth-order valence-electron chi connectivity index (χ4n) is 3.00. The molecule has 4 nitrogen and oxygen atoms in total. The number of nitrogens with one attached hydrogen (secondary N) is 1. The number of nitrogens with zero attached hydrogens (tertiary/aromatic N) is 3. The van der Waals surface area contributed by atoms with Gasteiger partial charge in [0.15, 0.2) is 0 Å². The van der Waals surface area contributed by atoms with Gasteiger partial charge in [-0.05, 0) is 55.0 Å². The van der Waals surface area contributed by atoms with Crippen molar-refractivity contribution in [2.75, 3.05) is 11.9 Å². The number of rotatable bonds is 2. The van der Waals surface area contributed by atoms with E-state index in [9.17, 15) is 0 Å².